The number of halogens is 2. The average Bonchev–Trinajstić information content (AvgIpc) is 2.83. The lowest BCUT2D eigenvalue weighted by molar-refractivity contribution is 0.581. The Labute approximate surface area is 107 Å². The van der Waals surface area contributed by atoms with Crippen LogP contribution in [0.4, 0.5) is 0 Å². The fourth-order valence-corrected chi connectivity index (χ4v) is 3.04. The molecule has 0 aromatic carbocycles. The first-order valence-electron chi connectivity index (χ1n) is 4.94. The van der Waals surface area contributed by atoms with Crippen LogP contribution in [0.1, 0.15) is 12.1 Å². The van der Waals surface area contributed by atoms with Crippen molar-refractivity contribution in [1.82, 2.24) is 4.98 Å². The zero-order valence-corrected chi connectivity index (χ0v) is 11.5. The van der Waals surface area contributed by atoms with Gasteiger partial charge < -0.3 is 4.98 Å². The summed E-state index contributed by atoms with van der Waals surface area (Å²) in [4.78, 5) is 3.32. The SMILES string of the molecule is BrCC1=CC=CC(CBr)(c2ccc[nH]2)C1. The molecule has 3 heteroatoms. The Hall–Kier alpha value is -0.280. The van der Waals surface area contributed by atoms with Crippen molar-refractivity contribution < 1.29 is 0 Å². The Bertz CT molecular complexity index is 378. The van der Waals surface area contributed by atoms with E-state index in [4.69, 9.17) is 0 Å². The lowest BCUT2D eigenvalue weighted by Gasteiger charge is -2.31. The molecule has 1 atom stereocenters. The van der Waals surface area contributed by atoms with Crippen molar-refractivity contribution in [3.05, 3.63) is 47.8 Å². The monoisotopic (exact) mass is 329 g/mol. The van der Waals surface area contributed by atoms with Gasteiger partial charge in [0.1, 0.15) is 0 Å². The van der Waals surface area contributed by atoms with E-state index in [1.54, 1.807) is 0 Å². The number of allylic oxidation sites excluding steroid dienone is 4. The zero-order valence-electron chi connectivity index (χ0n) is 8.34. The third kappa shape index (κ3) is 2.13. The highest BCUT2D eigenvalue weighted by Gasteiger charge is 2.31. The summed E-state index contributed by atoms with van der Waals surface area (Å²) in [7, 11) is 0. The van der Waals surface area contributed by atoms with E-state index in [-0.39, 0.29) is 5.41 Å². The second-order valence-corrected chi connectivity index (χ2v) is 4.99. The number of alkyl halides is 2. The third-order valence-electron chi connectivity index (χ3n) is 2.83. The smallest absolute Gasteiger partial charge is 0.0420 e. The zero-order chi connectivity index (χ0) is 10.7. The van der Waals surface area contributed by atoms with Crippen molar-refractivity contribution in [2.24, 2.45) is 0 Å². The summed E-state index contributed by atoms with van der Waals surface area (Å²) >= 11 is 7.16. The standard InChI is InChI=1S/C12H13Br2N/c13-8-10-3-1-5-12(7-10,9-14)11-4-2-6-15-11/h1-6,15H,7-9H2. The molecule has 0 fully saturated rings. The van der Waals surface area contributed by atoms with Gasteiger partial charge in [-0.2, -0.15) is 0 Å². The fraction of sp³-hybridized carbons (Fsp3) is 0.333. The van der Waals surface area contributed by atoms with Crippen LogP contribution >= 0.6 is 31.9 Å². The second-order valence-electron chi connectivity index (χ2n) is 3.87. The molecule has 80 valence electrons. The summed E-state index contributed by atoms with van der Waals surface area (Å²) in [6.45, 7) is 0. The van der Waals surface area contributed by atoms with Crippen LogP contribution in [0.25, 0.3) is 0 Å². The van der Waals surface area contributed by atoms with Crippen LogP contribution in [-0.2, 0) is 5.41 Å². The van der Waals surface area contributed by atoms with Gasteiger partial charge in [-0.15, -0.1) is 0 Å². The number of aromatic amines is 1. The molecule has 1 aromatic rings. The fourth-order valence-electron chi connectivity index (χ4n) is 1.97. The number of hydrogen-bond donors (Lipinski definition) is 1. The second kappa shape index (κ2) is 4.71. The number of nitrogens with one attached hydrogen (secondary N) is 1. The Kier molecular flexibility index (Phi) is 3.52. The molecule has 0 amide bonds. The minimum Gasteiger partial charge on any atom is -0.364 e. The highest BCUT2D eigenvalue weighted by Crippen LogP contribution is 2.36. The molecular formula is C12H13Br2N. The Morgan fingerprint density at radius 3 is 2.87 bits per heavy atom. The van der Waals surface area contributed by atoms with E-state index in [0.29, 0.717) is 0 Å². The van der Waals surface area contributed by atoms with Crippen LogP contribution < -0.4 is 0 Å². The molecule has 1 aromatic heterocycles. The number of hydrogen-bond acceptors (Lipinski definition) is 0. The van der Waals surface area contributed by atoms with Crippen LogP contribution in [-0.4, -0.2) is 15.6 Å². The summed E-state index contributed by atoms with van der Waals surface area (Å²) in [6.07, 6.45) is 9.68. The van der Waals surface area contributed by atoms with E-state index in [9.17, 15) is 0 Å². The van der Waals surface area contributed by atoms with Crippen molar-refractivity contribution in [1.29, 1.82) is 0 Å². The molecule has 0 spiro atoms. The van der Waals surface area contributed by atoms with Gasteiger partial charge in [-0.05, 0) is 18.6 Å². The first kappa shape index (κ1) is 11.2. The predicted octanol–water partition coefficient (Wildman–Crippen LogP) is 3.93. The number of aromatic nitrogens is 1. The molecule has 15 heavy (non-hydrogen) atoms. The highest BCUT2D eigenvalue weighted by molar-refractivity contribution is 9.09. The van der Waals surface area contributed by atoms with Crippen molar-refractivity contribution >= 4 is 31.9 Å². The quantitative estimate of drug-likeness (QED) is 0.808. The van der Waals surface area contributed by atoms with Gasteiger partial charge in [-0.25, -0.2) is 0 Å². The van der Waals surface area contributed by atoms with Gasteiger partial charge in [0.2, 0.25) is 0 Å². The van der Waals surface area contributed by atoms with Crippen molar-refractivity contribution in [2.75, 3.05) is 10.7 Å². The van der Waals surface area contributed by atoms with Gasteiger partial charge in [0.25, 0.3) is 0 Å². The highest BCUT2D eigenvalue weighted by atomic mass is 79.9. The maximum Gasteiger partial charge on any atom is 0.0420 e. The maximum absolute atomic E-state index is 3.63. The van der Waals surface area contributed by atoms with E-state index in [0.717, 1.165) is 17.1 Å². The maximum atomic E-state index is 3.63. The van der Waals surface area contributed by atoms with Crippen LogP contribution in [0.15, 0.2) is 42.1 Å². The molecule has 1 heterocycles. The third-order valence-corrected chi connectivity index (χ3v) is 4.56. The van der Waals surface area contributed by atoms with E-state index >= 15 is 0 Å². The van der Waals surface area contributed by atoms with E-state index < -0.39 is 0 Å². The largest absolute Gasteiger partial charge is 0.364 e. The summed E-state index contributed by atoms with van der Waals surface area (Å²) in [5, 5.41) is 1.90. The Balaban J connectivity index is 2.33. The molecule has 1 aliphatic rings. The van der Waals surface area contributed by atoms with Crippen LogP contribution in [0.5, 0.6) is 0 Å². The molecule has 0 saturated heterocycles. The van der Waals surface area contributed by atoms with Crippen LogP contribution in [0, 0.1) is 0 Å². The Morgan fingerprint density at radius 2 is 2.27 bits per heavy atom. The normalized spacial score (nSPS) is 25.3. The molecular weight excluding hydrogens is 318 g/mol. The van der Waals surface area contributed by atoms with Gasteiger partial charge in [-0.3, -0.25) is 0 Å². The van der Waals surface area contributed by atoms with Gasteiger partial charge in [-0.1, -0.05) is 55.7 Å². The lowest BCUT2D eigenvalue weighted by atomic mass is 9.78. The topological polar surface area (TPSA) is 15.8 Å². The van der Waals surface area contributed by atoms with E-state index in [1.807, 2.05) is 6.20 Å². The summed E-state index contributed by atoms with van der Waals surface area (Å²) in [6, 6.07) is 4.21. The molecule has 1 aliphatic carbocycles. The van der Waals surface area contributed by atoms with Gasteiger partial charge >= 0.3 is 0 Å². The van der Waals surface area contributed by atoms with Crippen LogP contribution in [0.2, 0.25) is 0 Å². The van der Waals surface area contributed by atoms with Crippen molar-refractivity contribution in [3.8, 4) is 0 Å². The predicted molar refractivity (Wildman–Crippen MR) is 71.9 cm³/mol. The number of rotatable bonds is 3. The number of H-pyrrole nitrogens is 1. The molecule has 2 rings (SSSR count). The van der Waals surface area contributed by atoms with Crippen molar-refractivity contribution in [3.63, 3.8) is 0 Å². The molecule has 1 nitrogen and oxygen atoms in total. The molecule has 0 radical (unpaired) electrons. The summed E-state index contributed by atoms with van der Waals surface area (Å²) in [5.74, 6) is 0. The van der Waals surface area contributed by atoms with E-state index in [2.05, 4.69) is 67.2 Å². The van der Waals surface area contributed by atoms with Gasteiger partial charge in [0.15, 0.2) is 0 Å². The summed E-state index contributed by atoms with van der Waals surface area (Å²) in [5.41, 5.74) is 2.81. The van der Waals surface area contributed by atoms with E-state index in [1.165, 1.54) is 11.3 Å². The summed E-state index contributed by atoms with van der Waals surface area (Å²) < 4.78 is 0. The molecule has 0 aliphatic heterocycles. The van der Waals surface area contributed by atoms with Gasteiger partial charge in [0, 0.05) is 28.0 Å². The Morgan fingerprint density at radius 1 is 1.40 bits per heavy atom. The molecule has 0 bridgehead atoms. The van der Waals surface area contributed by atoms with Crippen LogP contribution in [0.3, 0.4) is 0 Å². The molecule has 0 saturated carbocycles. The first-order valence-corrected chi connectivity index (χ1v) is 7.18. The lowest BCUT2D eigenvalue weighted by Crippen LogP contribution is -2.28. The molecule has 1 N–H and O–H groups in total. The minimum absolute atomic E-state index is 0.0986. The first-order chi connectivity index (χ1) is 7.30. The van der Waals surface area contributed by atoms with Crippen molar-refractivity contribution in [2.45, 2.75) is 11.8 Å². The average molecular weight is 331 g/mol. The minimum atomic E-state index is 0.0986. The van der Waals surface area contributed by atoms with Gasteiger partial charge in [0.05, 0.1) is 0 Å². The molecule has 1 unspecified atom stereocenters.